The molecule has 0 spiro atoms. The highest BCUT2D eigenvalue weighted by atomic mass is 35.5. The van der Waals surface area contributed by atoms with Gasteiger partial charge in [-0.15, -0.1) is 0 Å². The van der Waals surface area contributed by atoms with E-state index in [-0.39, 0.29) is 33.5 Å². The standard InChI is InChI=1S/C22H20ClFN4O4S/c1-4-33(30,31)26-14-6-8-19(32-20-7-5-13(23)9-18(20)24)15(10-14)16-11-27(2)22(29)17-12-28(3)25-21(16)17/h5-12,26H,4H2,1-3H3. The minimum Gasteiger partial charge on any atom is -0.454 e. The first-order chi connectivity index (χ1) is 15.6. The van der Waals surface area contributed by atoms with Gasteiger partial charge in [-0.1, -0.05) is 11.6 Å². The van der Waals surface area contributed by atoms with E-state index in [9.17, 15) is 17.6 Å². The fourth-order valence-corrected chi connectivity index (χ4v) is 4.15. The first-order valence-corrected chi connectivity index (χ1v) is 11.9. The zero-order valence-corrected chi connectivity index (χ0v) is 19.5. The van der Waals surface area contributed by atoms with Gasteiger partial charge < -0.3 is 9.30 Å². The number of nitrogens with one attached hydrogen (secondary N) is 1. The minimum atomic E-state index is -3.55. The highest BCUT2D eigenvalue weighted by Crippen LogP contribution is 2.39. The lowest BCUT2D eigenvalue weighted by Crippen LogP contribution is -2.16. The van der Waals surface area contributed by atoms with Gasteiger partial charge in [0.25, 0.3) is 5.56 Å². The molecule has 2 heterocycles. The molecule has 0 aliphatic heterocycles. The Kier molecular flexibility index (Phi) is 5.89. The molecule has 0 fully saturated rings. The highest BCUT2D eigenvalue weighted by molar-refractivity contribution is 7.92. The van der Waals surface area contributed by atoms with E-state index in [1.807, 2.05) is 0 Å². The summed E-state index contributed by atoms with van der Waals surface area (Å²) < 4.78 is 49.9. The van der Waals surface area contributed by atoms with Gasteiger partial charge in [0.15, 0.2) is 11.6 Å². The number of pyridine rings is 1. The van der Waals surface area contributed by atoms with Crippen LogP contribution in [0.2, 0.25) is 5.02 Å². The Labute approximate surface area is 194 Å². The van der Waals surface area contributed by atoms with Crippen molar-refractivity contribution in [3.8, 4) is 22.6 Å². The molecular weight excluding hydrogens is 471 g/mol. The van der Waals surface area contributed by atoms with E-state index in [0.29, 0.717) is 22.0 Å². The smallest absolute Gasteiger partial charge is 0.261 e. The van der Waals surface area contributed by atoms with Crippen LogP contribution in [0.5, 0.6) is 11.5 Å². The number of ether oxygens (including phenoxy) is 1. The van der Waals surface area contributed by atoms with Crippen LogP contribution in [0.1, 0.15) is 6.92 Å². The van der Waals surface area contributed by atoms with Crippen molar-refractivity contribution in [1.29, 1.82) is 0 Å². The lowest BCUT2D eigenvalue weighted by molar-refractivity contribution is 0.444. The van der Waals surface area contributed by atoms with E-state index in [4.69, 9.17) is 16.3 Å². The van der Waals surface area contributed by atoms with Crippen molar-refractivity contribution in [3.63, 3.8) is 0 Å². The molecular formula is C22H20ClFN4O4S. The van der Waals surface area contributed by atoms with Crippen LogP contribution in [-0.2, 0) is 24.1 Å². The van der Waals surface area contributed by atoms with Crippen LogP contribution in [0.25, 0.3) is 22.0 Å². The fraction of sp³-hybridized carbons (Fsp3) is 0.182. The van der Waals surface area contributed by atoms with Gasteiger partial charge in [-0.2, -0.15) is 5.10 Å². The maximum absolute atomic E-state index is 14.4. The third kappa shape index (κ3) is 4.57. The van der Waals surface area contributed by atoms with Crippen LogP contribution in [0.3, 0.4) is 0 Å². The molecule has 0 atom stereocenters. The van der Waals surface area contributed by atoms with Gasteiger partial charge in [-0.05, 0) is 43.3 Å². The summed E-state index contributed by atoms with van der Waals surface area (Å²) in [5.74, 6) is -0.598. The molecule has 0 saturated carbocycles. The first kappa shape index (κ1) is 22.8. The quantitative estimate of drug-likeness (QED) is 0.435. The van der Waals surface area contributed by atoms with Crippen molar-refractivity contribution >= 4 is 38.2 Å². The zero-order chi connectivity index (χ0) is 23.9. The number of rotatable bonds is 6. The zero-order valence-electron chi connectivity index (χ0n) is 18.0. The Hall–Kier alpha value is -3.37. The molecule has 172 valence electrons. The molecule has 0 radical (unpaired) electrons. The van der Waals surface area contributed by atoms with Crippen molar-refractivity contribution in [2.75, 3.05) is 10.5 Å². The van der Waals surface area contributed by atoms with Gasteiger partial charge in [0.1, 0.15) is 11.3 Å². The molecule has 8 nitrogen and oxygen atoms in total. The monoisotopic (exact) mass is 490 g/mol. The SMILES string of the molecule is CCS(=O)(=O)Nc1ccc(Oc2ccc(Cl)cc2F)c(-c2cn(C)c(=O)c3cn(C)nc23)c1. The summed E-state index contributed by atoms with van der Waals surface area (Å²) in [6, 6.07) is 8.61. The minimum absolute atomic E-state index is 0.0652. The van der Waals surface area contributed by atoms with Crippen molar-refractivity contribution < 1.29 is 17.5 Å². The molecule has 0 amide bonds. The number of aromatic nitrogens is 3. The molecule has 0 aliphatic carbocycles. The summed E-state index contributed by atoms with van der Waals surface area (Å²) in [6.07, 6.45) is 3.18. The normalized spacial score (nSPS) is 11.7. The van der Waals surface area contributed by atoms with Gasteiger partial charge >= 0.3 is 0 Å². The average Bonchev–Trinajstić information content (AvgIpc) is 3.15. The van der Waals surface area contributed by atoms with E-state index < -0.39 is 15.8 Å². The first-order valence-electron chi connectivity index (χ1n) is 9.89. The number of sulfonamides is 1. The predicted octanol–water partition coefficient (Wildman–Crippen LogP) is 4.29. The van der Waals surface area contributed by atoms with Gasteiger partial charge in [0.05, 0.1) is 11.1 Å². The summed E-state index contributed by atoms with van der Waals surface area (Å²) in [5.41, 5.74) is 1.37. The van der Waals surface area contributed by atoms with Gasteiger partial charge in [-0.25, -0.2) is 12.8 Å². The Morgan fingerprint density at radius 2 is 1.82 bits per heavy atom. The van der Waals surface area contributed by atoms with Crippen LogP contribution in [0.15, 0.2) is 53.6 Å². The molecule has 0 unspecified atom stereocenters. The Bertz CT molecular complexity index is 1550. The van der Waals surface area contributed by atoms with Crippen molar-refractivity contribution in [2.24, 2.45) is 14.1 Å². The Morgan fingerprint density at radius 3 is 2.52 bits per heavy atom. The number of hydrogen-bond acceptors (Lipinski definition) is 5. The molecule has 11 heteroatoms. The number of anilines is 1. The van der Waals surface area contributed by atoms with Gasteiger partial charge in [0, 0.05) is 48.3 Å². The van der Waals surface area contributed by atoms with E-state index in [2.05, 4.69) is 9.82 Å². The molecule has 33 heavy (non-hydrogen) atoms. The molecule has 2 aromatic carbocycles. The molecule has 0 bridgehead atoms. The predicted molar refractivity (Wildman–Crippen MR) is 126 cm³/mol. The molecule has 1 N–H and O–H groups in total. The number of benzene rings is 2. The van der Waals surface area contributed by atoms with Crippen LogP contribution >= 0.6 is 11.6 Å². The second kappa shape index (κ2) is 8.53. The maximum Gasteiger partial charge on any atom is 0.261 e. The largest absolute Gasteiger partial charge is 0.454 e. The molecule has 4 aromatic rings. The lowest BCUT2D eigenvalue weighted by atomic mass is 10.0. The van der Waals surface area contributed by atoms with E-state index in [0.717, 1.165) is 6.07 Å². The summed E-state index contributed by atoms with van der Waals surface area (Å²) >= 11 is 5.84. The van der Waals surface area contributed by atoms with Gasteiger partial charge in [-0.3, -0.25) is 14.2 Å². The topological polar surface area (TPSA) is 95.2 Å². The van der Waals surface area contributed by atoms with Gasteiger partial charge in [0.2, 0.25) is 10.0 Å². The Morgan fingerprint density at radius 1 is 1.09 bits per heavy atom. The summed E-state index contributed by atoms with van der Waals surface area (Å²) in [5, 5.41) is 5.00. The third-order valence-electron chi connectivity index (χ3n) is 4.99. The number of hydrogen-bond donors (Lipinski definition) is 1. The second-order valence-electron chi connectivity index (χ2n) is 7.42. The molecule has 0 aliphatic rings. The molecule has 0 saturated heterocycles. The summed E-state index contributed by atoms with van der Waals surface area (Å²) in [4.78, 5) is 12.6. The van der Waals surface area contributed by atoms with E-state index >= 15 is 0 Å². The van der Waals surface area contributed by atoms with Crippen LogP contribution < -0.4 is 15.0 Å². The number of fused-ring (bicyclic) bond motifs is 1. The fourth-order valence-electron chi connectivity index (χ4n) is 3.37. The highest BCUT2D eigenvalue weighted by Gasteiger charge is 2.19. The van der Waals surface area contributed by atoms with Crippen LogP contribution in [0, 0.1) is 5.82 Å². The Balaban J connectivity index is 1.95. The summed E-state index contributed by atoms with van der Waals surface area (Å²) in [7, 11) is -0.260. The maximum atomic E-state index is 14.4. The number of nitrogens with zero attached hydrogens (tertiary/aromatic N) is 3. The second-order valence-corrected chi connectivity index (χ2v) is 9.86. The average molecular weight is 491 g/mol. The molecule has 4 rings (SSSR count). The van der Waals surface area contributed by atoms with Crippen LogP contribution in [-0.4, -0.2) is 28.5 Å². The van der Waals surface area contributed by atoms with E-state index in [1.54, 1.807) is 32.6 Å². The lowest BCUT2D eigenvalue weighted by Gasteiger charge is -2.15. The van der Waals surface area contributed by atoms with Crippen molar-refractivity contribution in [2.45, 2.75) is 6.92 Å². The number of halogens is 2. The van der Waals surface area contributed by atoms with E-state index in [1.165, 1.54) is 40.4 Å². The van der Waals surface area contributed by atoms with Crippen molar-refractivity contribution in [3.05, 3.63) is 70.0 Å². The third-order valence-corrected chi connectivity index (χ3v) is 6.54. The summed E-state index contributed by atoms with van der Waals surface area (Å²) in [6.45, 7) is 1.52. The molecule has 2 aromatic heterocycles. The number of aryl methyl sites for hydroxylation is 2. The van der Waals surface area contributed by atoms with Crippen LogP contribution in [0.4, 0.5) is 10.1 Å². The van der Waals surface area contributed by atoms with Crippen molar-refractivity contribution in [1.82, 2.24) is 14.3 Å².